The van der Waals surface area contributed by atoms with Gasteiger partial charge in [0, 0.05) is 13.1 Å². The molecule has 1 aliphatic rings. The summed E-state index contributed by atoms with van der Waals surface area (Å²) in [4.78, 5) is 2.22. The van der Waals surface area contributed by atoms with Crippen LogP contribution >= 0.6 is 0 Å². The van der Waals surface area contributed by atoms with E-state index in [-0.39, 0.29) is 0 Å². The molecule has 16 heavy (non-hydrogen) atoms. The van der Waals surface area contributed by atoms with Crippen LogP contribution in [0, 0.1) is 0 Å². The number of ether oxygens (including phenoxy) is 1. The van der Waals surface area contributed by atoms with Gasteiger partial charge in [0.1, 0.15) is 11.9 Å². The molecule has 0 amide bonds. The van der Waals surface area contributed by atoms with Gasteiger partial charge in [-0.15, -0.1) is 0 Å². The van der Waals surface area contributed by atoms with E-state index in [0.717, 1.165) is 24.4 Å². The van der Waals surface area contributed by atoms with Gasteiger partial charge in [-0.05, 0) is 38.6 Å². The lowest BCUT2D eigenvalue weighted by Crippen LogP contribution is -2.51. The van der Waals surface area contributed by atoms with Gasteiger partial charge < -0.3 is 9.84 Å². The van der Waals surface area contributed by atoms with Gasteiger partial charge in [-0.1, -0.05) is 12.1 Å². The molecule has 3 nitrogen and oxygen atoms in total. The average molecular weight is 221 g/mol. The lowest BCUT2D eigenvalue weighted by Gasteiger charge is -2.36. The van der Waals surface area contributed by atoms with Crippen LogP contribution in [0.2, 0.25) is 0 Å². The lowest BCUT2D eigenvalue weighted by atomic mass is 9.99. The van der Waals surface area contributed by atoms with E-state index in [1.807, 2.05) is 24.3 Å². The minimum Gasteiger partial charge on any atom is -0.488 e. The molecule has 0 spiro atoms. The molecule has 1 aromatic carbocycles. The maximum Gasteiger partial charge on any atom is 0.124 e. The van der Waals surface area contributed by atoms with E-state index in [9.17, 15) is 5.11 Å². The van der Waals surface area contributed by atoms with Gasteiger partial charge in [0.25, 0.3) is 0 Å². The minimum atomic E-state index is -0.783. The van der Waals surface area contributed by atoms with Crippen molar-refractivity contribution in [1.29, 1.82) is 0 Å². The Morgan fingerprint density at radius 1 is 1.25 bits per heavy atom. The van der Waals surface area contributed by atoms with Gasteiger partial charge in [-0.3, -0.25) is 4.90 Å². The standard InChI is InChI=1S/C13H19NO2/c1-13(2,15)10-4-6-11(7-5-10)16-12-8-14(3)9-12/h4-7,12,15H,8-9H2,1-3H3. The van der Waals surface area contributed by atoms with Crippen LogP contribution in [0.3, 0.4) is 0 Å². The van der Waals surface area contributed by atoms with Gasteiger partial charge in [0.15, 0.2) is 0 Å². The van der Waals surface area contributed by atoms with Crippen LogP contribution in [0.15, 0.2) is 24.3 Å². The first-order chi connectivity index (χ1) is 7.45. The van der Waals surface area contributed by atoms with Gasteiger partial charge in [-0.25, -0.2) is 0 Å². The second-order valence-electron chi connectivity index (χ2n) is 5.04. The third kappa shape index (κ3) is 2.54. The summed E-state index contributed by atoms with van der Waals surface area (Å²) in [6, 6.07) is 7.67. The van der Waals surface area contributed by atoms with E-state index in [1.165, 1.54) is 0 Å². The second kappa shape index (κ2) is 4.07. The van der Waals surface area contributed by atoms with Crippen LogP contribution in [0.4, 0.5) is 0 Å². The second-order valence-corrected chi connectivity index (χ2v) is 5.04. The summed E-state index contributed by atoms with van der Waals surface area (Å²) in [5.74, 6) is 0.881. The quantitative estimate of drug-likeness (QED) is 0.841. The predicted molar refractivity (Wildman–Crippen MR) is 63.6 cm³/mol. The maximum atomic E-state index is 9.81. The molecule has 3 heteroatoms. The molecule has 0 aromatic heterocycles. The summed E-state index contributed by atoms with van der Waals surface area (Å²) >= 11 is 0. The molecular formula is C13H19NO2. The third-order valence-electron chi connectivity index (χ3n) is 2.89. The minimum absolute atomic E-state index is 0.318. The van der Waals surface area contributed by atoms with E-state index < -0.39 is 5.60 Å². The number of likely N-dealkylation sites (tertiary alicyclic amines) is 1. The number of benzene rings is 1. The fourth-order valence-electron chi connectivity index (χ4n) is 1.85. The van der Waals surface area contributed by atoms with Crippen molar-refractivity contribution in [3.05, 3.63) is 29.8 Å². The Morgan fingerprint density at radius 3 is 2.25 bits per heavy atom. The zero-order chi connectivity index (χ0) is 11.8. The fraction of sp³-hybridized carbons (Fsp3) is 0.538. The molecule has 1 N–H and O–H groups in total. The van der Waals surface area contributed by atoms with Crippen molar-refractivity contribution in [2.24, 2.45) is 0 Å². The van der Waals surface area contributed by atoms with Crippen LogP contribution in [0.1, 0.15) is 19.4 Å². The Labute approximate surface area is 96.6 Å². The number of nitrogens with zero attached hydrogens (tertiary/aromatic N) is 1. The molecule has 1 heterocycles. The van der Waals surface area contributed by atoms with Crippen molar-refractivity contribution in [3.63, 3.8) is 0 Å². The van der Waals surface area contributed by atoms with E-state index >= 15 is 0 Å². The molecular weight excluding hydrogens is 202 g/mol. The molecule has 0 radical (unpaired) electrons. The zero-order valence-corrected chi connectivity index (χ0v) is 10.1. The molecule has 88 valence electrons. The molecule has 0 atom stereocenters. The number of rotatable bonds is 3. The van der Waals surface area contributed by atoms with Gasteiger partial charge in [0.05, 0.1) is 5.60 Å². The highest BCUT2D eigenvalue weighted by molar-refractivity contribution is 5.30. The summed E-state index contributed by atoms with van der Waals surface area (Å²) in [6.45, 7) is 5.55. The number of hydrogen-bond donors (Lipinski definition) is 1. The Kier molecular flexibility index (Phi) is 2.91. The highest BCUT2D eigenvalue weighted by Gasteiger charge is 2.24. The summed E-state index contributed by atoms with van der Waals surface area (Å²) in [5, 5.41) is 9.81. The van der Waals surface area contributed by atoms with Crippen molar-refractivity contribution in [3.8, 4) is 5.75 Å². The van der Waals surface area contributed by atoms with Crippen LogP contribution < -0.4 is 4.74 Å². The molecule has 1 saturated heterocycles. The molecule has 1 aromatic rings. The van der Waals surface area contributed by atoms with Crippen LogP contribution in [-0.4, -0.2) is 36.2 Å². The molecule has 2 rings (SSSR count). The summed E-state index contributed by atoms with van der Waals surface area (Å²) in [5.41, 5.74) is 0.125. The highest BCUT2D eigenvalue weighted by atomic mass is 16.5. The first kappa shape index (κ1) is 11.4. The maximum absolute atomic E-state index is 9.81. The molecule has 1 aliphatic heterocycles. The first-order valence-corrected chi connectivity index (χ1v) is 5.63. The molecule has 0 saturated carbocycles. The van der Waals surface area contributed by atoms with Crippen molar-refractivity contribution >= 4 is 0 Å². The largest absolute Gasteiger partial charge is 0.488 e. The molecule has 0 aliphatic carbocycles. The van der Waals surface area contributed by atoms with E-state index in [2.05, 4.69) is 11.9 Å². The van der Waals surface area contributed by atoms with Crippen LogP contribution in [-0.2, 0) is 5.60 Å². The number of aliphatic hydroxyl groups is 1. The van der Waals surface area contributed by atoms with Crippen molar-refractivity contribution in [2.45, 2.75) is 25.6 Å². The Hall–Kier alpha value is -1.06. The van der Waals surface area contributed by atoms with Crippen molar-refractivity contribution in [1.82, 2.24) is 4.90 Å². The molecule has 1 fully saturated rings. The van der Waals surface area contributed by atoms with Gasteiger partial charge in [0.2, 0.25) is 0 Å². The number of hydrogen-bond acceptors (Lipinski definition) is 3. The summed E-state index contributed by atoms with van der Waals surface area (Å²) in [6.07, 6.45) is 0.318. The van der Waals surface area contributed by atoms with Crippen molar-refractivity contribution < 1.29 is 9.84 Å². The Bertz CT molecular complexity index is 347. The fourth-order valence-corrected chi connectivity index (χ4v) is 1.85. The van der Waals surface area contributed by atoms with E-state index in [4.69, 9.17) is 4.74 Å². The number of likely N-dealkylation sites (N-methyl/N-ethyl adjacent to an activating group) is 1. The van der Waals surface area contributed by atoms with E-state index in [1.54, 1.807) is 13.8 Å². The lowest BCUT2D eigenvalue weighted by molar-refractivity contribution is 0.0386. The normalized spacial score (nSPS) is 18.2. The molecule has 0 bridgehead atoms. The van der Waals surface area contributed by atoms with Gasteiger partial charge in [-0.2, -0.15) is 0 Å². The van der Waals surface area contributed by atoms with Crippen LogP contribution in [0.5, 0.6) is 5.75 Å². The predicted octanol–water partition coefficient (Wildman–Crippen LogP) is 1.61. The summed E-state index contributed by atoms with van der Waals surface area (Å²) in [7, 11) is 2.08. The third-order valence-corrected chi connectivity index (χ3v) is 2.89. The monoisotopic (exact) mass is 221 g/mol. The van der Waals surface area contributed by atoms with E-state index in [0.29, 0.717) is 6.10 Å². The smallest absolute Gasteiger partial charge is 0.124 e. The van der Waals surface area contributed by atoms with Gasteiger partial charge >= 0.3 is 0 Å². The average Bonchev–Trinajstić information content (AvgIpc) is 2.15. The first-order valence-electron chi connectivity index (χ1n) is 5.63. The van der Waals surface area contributed by atoms with Crippen LogP contribution in [0.25, 0.3) is 0 Å². The Balaban J connectivity index is 1.97. The molecule has 0 unspecified atom stereocenters. The van der Waals surface area contributed by atoms with Crippen molar-refractivity contribution in [2.75, 3.05) is 20.1 Å². The highest BCUT2D eigenvalue weighted by Crippen LogP contribution is 2.23. The SMILES string of the molecule is CN1CC(Oc2ccc(C(C)(C)O)cc2)C1. The zero-order valence-electron chi connectivity index (χ0n) is 10.1. The summed E-state index contributed by atoms with van der Waals surface area (Å²) < 4.78 is 5.77. The topological polar surface area (TPSA) is 32.7 Å². The Morgan fingerprint density at radius 2 is 1.81 bits per heavy atom.